The van der Waals surface area contributed by atoms with E-state index in [0.717, 1.165) is 11.1 Å². The lowest BCUT2D eigenvalue weighted by Crippen LogP contribution is -2.15. The third-order valence-electron chi connectivity index (χ3n) is 4.14. The number of aryl methyl sites for hydroxylation is 2. The fourth-order valence-corrected chi connectivity index (χ4v) is 2.84. The number of ether oxygens (including phenoxy) is 2. The average molecular weight is 352 g/mol. The molecule has 0 atom stereocenters. The number of benzene rings is 2. The summed E-state index contributed by atoms with van der Waals surface area (Å²) in [5.74, 6) is 0.338. The monoisotopic (exact) mass is 352 g/mol. The molecule has 26 heavy (non-hydrogen) atoms. The molecule has 2 aromatic carbocycles. The Kier molecular flexibility index (Phi) is 4.80. The van der Waals surface area contributed by atoms with Gasteiger partial charge in [0.2, 0.25) is 11.2 Å². The van der Waals surface area contributed by atoms with Crippen molar-refractivity contribution in [2.45, 2.75) is 27.2 Å². The van der Waals surface area contributed by atoms with Crippen molar-refractivity contribution in [3.05, 3.63) is 57.7 Å². The maximum absolute atomic E-state index is 13.0. The van der Waals surface area contributed by atoms with Crippen molar-refractivity contribution >= 4 is 16.9 Å². The Morgan fingerprint density at radius 2 is 1.81 bits per heavy atom. The quantitative estimate of drug-likeness (QED) is 0.651. The molecule has 3 rings (SSSR count). The SMILES string of the molecule is CCC(=O)Oc1c(-c2ccc(OC)cc2)oc2c(C)cc(C)cc2c1=O. The number of carbonyl (C=O) groups excluding carboxylic acids is 1. The molecule has 0 spiro atoms. The molecule has 0 unspecified atom stereocenters. The van der Waals surface area contributed by atoms with Crippen LogP contribution >= 0.6 is 0 Å². The summed E-state index contributed by atoms with van der Waals surface area (Å²) in [6.07, 6.45) is 0.159. The van der Waals surface area contributed by atoms with Crippen LogP contribution in [0.3, 0.4) is 0 Å². The van der Waals surface area contributed by atoms with Crippen molar-refractivity contribution in [3.8, 4) is 22.8 Å². The van der Waals surface area contributed by atoms with Crippen LogP contribution in [0.2, 0.25) is 0 Å². The Labute approximate surface area is 151 Å². The van der Waals surface area contributed by atoms with Crippen LogP contribution in [-0.4, -0.2) is 13.1 Å². The zero-order valence-corrected chi connectivity index (χ0v) is 15.2. The molecule has 0 saturated carbocycles. The highest BCUT2D eigenvalue weighted by Gasteiger charge is 2.21. The Morgan fingerprint density at radius 1 is 1.12 bits per heavy atom. The van der Waals surface area contributed by atoms with Gasteiger partial charge < -0.3 is 13.9 Å². The molecule has 0 amide bonds. The van der Waals surface area contributed by atoms with Crippen LogP contribution in [0.1, 0.15) is 24.5 Å². The Balaban J connectivity index is 2.32. The van der Waals surface area contributed by atoms with Crippen LogP contribution < -0.4 is 14.9 Å². The summed E-state index contributed by atoms with van der Waals surface area (Å²) in [5.41, 5.74) is 2.55. The van der Waals surface area contributed by atoms with Crippen LogP contribution in [0.5, 0.6) is 11.5 Å². The van der Waals surface area contributed by atoms with Crippen LogP contribution in [0.4, 0.5) is 0 Å². The lowest BCUT2D eigenvalue weighted by atomic mass is 10.1. The lowest BCUT2D eigenvalue weighted by molar-refractivity contribution is -0.134. The van der Waals surface area contributed by atoms with Gasteiger partial charge in [0, 0.05) is 12.0 Å². The van der Waals surface area contributed by atoms with E-state index >= 15 is 0 Å². The first kappa shape index (κ1) is 17.7. The van der Waals surface area contributed by atoms with Gasteiger partial charge >= 0.3 is 5.97 Å². The van der Waals surface area contributed by atoms with Crippen LogP contribution in [0, 0.1) is 13.8 Å². The van der Waals surface area contributed by atoms with Crippen molar-refractivity contribution in [1.29, 1.82) is 0 Å². The summed E-state index contributed by atoms with van der Waals surface area (Å²) in [5, 5.41) is 0.402. The number of methoxy groups -OCH3 is 1. The number of hydrogen-bond donors (Lipinski definition) is 0. The summed E-state index contributed by atoms with van der Waals surface area (Å²) in [4.78, 5) is 24.9. The van der Waals surface area contributed by atoms with Gasteiger partial charge in [0.25, 0.3) is 0 Å². The highest BCUT2D eigenvalue weighted by atomic mass is 16.5. The molecule has 0 radical (unpaired) electrons. The summed E-state index contributed by atoms with van der Waals surface area (Å²) >= 11 is 0. The maximum atomic E-state index is 13.0. The topological polar surface area (TPSA) is 65.7 Å². The first-order valence-corrected chi connectivity index (χ1v) is 8.37. The van der Waals surface area contributed by atoms with Gasteiger partial charge in [0.05, 0.1) is 12.5 Å². The van der Waals surface area contributed by atoms with Crippen LogP contribution in [0.15, 0.2) is 45.6 Å². The van der Waals surface area contributed by atoms with E-state index in [1.807, 2.05) is 19.9 Å². The predicted molar refractivity (Wildman–Crippen MR) is 99.9 cm³/mol. The summed E-state index contributed by atoms with van der Waals surface area (Å²) in [6, 6.07) is 10.7. The molecule has 0 bridgehead atoms. The molecule has 0 fully saturated rings. The van der Waals surface area contributed by atoms with Gasteiger partial charge in [-0.1, -0.05) is 13.0 Å². The first-order valence-electron chi connectivity index (χ1n) is 8.37. The molecule has 0 aliphatic carbocycles. The normalized spacial score (nSPS) is 10.8. The Bertz CT molecular complexity index is 1030. The molecule has 3 aromatic rings. The third kappa shape index (κ3) is 3.20. The van der Waals surface area contributed by atoms with Crippen molar-refractivity contribution in [1.82, 2.24) is 0 Å². The first-order chi connectivity index (χ1) is 12.4. The van der Waals surface area contributed by atoms with Gasteiger partial charge in [0.15, 0.2) is 5.76 Å². The largest absolute Gasteiger partial charge is 0.497 e. The molecule has 5 heteroatoms. The number of hydrogen-bond acceptors (Lipinski definition) is 5. The summed E-state index contributed by atoms with van der Waals surface area (Å²) < 4.78 is 16.6. The van der Waals surface area contributed by atoms with Gasteiger partial charge in [-0.25, -0.2) is 0 Å². The van der Waals surface area contributed by atoms with E-state index in [1.165, 1.54) is 0 Å². The molecule has 1 aromatic heterocycles. The van der Waals surface area contributed by atoms with E-state index in [-0.39, 0.29) is 23.4 Å². The van der Waals surface area contributed by atoms with Gasteiger partial charge in [-0.2, -0.15) is 0 Å². The molecule has 134 valence electrons. The smallest absolute Gasteiger partial charge is 0.311 e. The second-order valence-electron chi connectivity index (χ2n) is 6.10. The van der Waals surface area contributed by atoms with E-state index in [1.54, 1.807) is 44.4 Å². The second kappa shape index (κ2) is 7.04. The van der Waals surface area contributed by atoms with Crippen LogP contribution in [-0.2, 0) is 4.79 Å². The molecule has 0 N–H and O–H groups in total. The van der Waals surface area contributed by atoms with Crippen molar-refractivity contribution in [2.75, 3.05) is 7.11 Å². The van der Waals surface area contributed by atoms with Gasteiger partial charge in [-0.3, -0.25) is 9.59 Å². The number of fused-ring (bicyclic) bond motifs is 1. The molecule has 0 aliphatic rings. The number of carbonyl (C=O) groups is 1. The molecule has 0 saturated heterocycles. The van der Waals surface area contributed by atoms with Gasteiger partial charge in [0.1, 0.15) is 11.3 Å². The van der Waals surface area contributed by atoms with Gasteiger partial charge in [-0.15, -0.1) is 0 Å². The number of esters is 1. The van der Waals surface area contributed by atoms with E-state index in [0.29, 0.717) is 22.3 Å². The zero-order chi connectivity index (χ0) is 18.8. The van der Waals surface area contributed by atoms with E-state index in [9.17, 15) is 9.59 Å². The third-order valence-corrected chi connectivity index (χ3v) is 4.14. The van der Waals surface area contributed by atoms with E-state index in [2.05, 4.69) is 0 Å². The molecule has 5 nitrogen and oxygen atoms in total. The number of rotatable bonds is 4. The average Bonchev–Trinajstić information content (AvgIpc) is 2.64. The fraction of sp³-hybridized carbons (Fsp3) is 0.238. The maximum Gasteiger partial charge on any atom is 0.311 e. The fourth-order valence-electron chi connectivity index (χ4n) is 2.84. The molecular formula is C21H20O5. The summed E-state index contributed by atoms with van der Waals surface area (Å²) in [6.45, 7) is 5.46. The standard InChI is InChI=1S/C21H20O5/c1-5-17(22)25-21-18(23)16-11-12(2)10-13(3)19(16)26-20(21)14-6-8-15(24-4)9-7-14/h6-11H,5H2,1-4H3. The van der Waals surface area contributed by atoms with Crippen molar-refractivity contribution in [3.63, 3.8) is 0 Å². The van der Waals surface area contributed by atoms with E-state index < -0.39 is 5.97 Å². The summed E-state index contributed by atoms with van der Waals surface area (Å²) in [7, 11) is 1.57. The van der Waals surface area contributed by atoms with Gasteiger partial charge in [-0.05, 0) is 55.3 Å². The molecular weight excluding hydrogens is 332 g/mol. The van der Waals surface area contributed by atoms with E-state index in [4.69, 9.17) is 13.9 Å². The Hall–Kier alpha value is -3.08. The second-order valence-corrected chi connectivity index (χ2v) is 6.10. The Morgan fingerprint density at radius 3 is 2.42 bits per heavy atom. The lowest BCUT2D eigenvalue weighted by Gasteiger charge is -2.12. The molecule has 1 heterocycles. The minimum Gasteiger partial charge on any atom is -0.497 e. The minimum absolute atomic E-state index is 0.0838. The highest BCUT2D eigenvalue weighted by Crippen LogP contribution is 2.33. The van der Waals surface area contributed by atoms with Crippen molar-refractivity contribution < 1.29 is 18.7 Å². The molecule has 0 aliphatic heterocycles. The van der Waals surface area contributed by atoms with Crippen molar-refractivity contribution in [2.24, 2.45) is 0 Å². The zero-order valence-electron chi connectivity index (χ0n) is 15.2. The van der Waals surface area contributed by atoms with Crippen LogP contribution in [0.25, 0.3) is 22.3 Å². The minimum atomic E-state index is -0.490. The highest BCUT2D eigenvalue weighted by molar-refractivity contribution is 5.86. The predicted octanol–water partition coefficient (Wildman–Crippen LogP) is 4.40.